The summed E-state index contributed by atoms with van der Waals surface area (Å²) in [5.74, 6) is 3.03. The summed E-state index contributed by atoms with van der Waals surface area (Å²) in [5.41, 5.74) is 0. The van der Waals surface area contributed by atoms with Crippen molar-refractivity contribution in [2.24, 2.45) is 5.92 Å². The van der Waals surface area contributed by atoms with Gasteiger partial charge in [-0.25, -0.2) is 9.97 Å². The molecule has 5 heteroatoms. The molecular formula is C16H30N4O. The molecule has 1 unspecified atom stereocenters. The van der Waals surface area contributed by atoms with Crippen LogP contribution < -0.4 is 10.6 Å². The van der Waals surface area contributed by atoms with Crippen LogP contribution in [0.1, 0.15) is 52.8 Å². The van der Waals surface area contributed by atoms with Crippen molar-refractivity contribution >= 4 is 11.6 Å². The number of nitrogens with one attached hydrogen (secondary N) is 2. The van der Waals surface area contributed by atoms with Crippen LogP contribution >= 0.6 is 0 Å². The molecule has 0 fully saturated rings. The summed E-state index contributed by atoms with van der Waals surface area (Å²) in [4.78, 5) is 9.14. The monoisotopic (exact) mass is 294 g/mol. The summed E-state index contributed by atoms with van der Waals surface area (Å²) >= 11 is 0. The molecule has 0 radical (unpaired) electrons. The van der Waals surface area contributed by atoms with Crippen LogP contribution in [0.3, 0.4) is 0 Å². The number of nitrogens with zero attached hydrogens (tertiary/aromatic N) is 2. The number of rotatable bonds is 10. The standard InChI is InChI=1S/C16H30N4O/c1-5-7-14-19-15(17-9-6-2)11-16(20-14)18-13(8-10-21)12(3)4/h11-13,21H,5-10H2,1-4H3,(H2,17,18,19,20). The second kappa shape index (κ2) is 9.55. The molecule has 0 bridgehead atoms. The predicted octanol–water partition coefficient (Wildman–Crippen LogP) is 3.07. The number of aliphatic hydroxyl groups is 1. The molecule has 1 aromatic rings. The molecular weight excluding hydrogens is 264 g/mol. The van der Waals surface area contributed by atoms with Crippen molar-refractivity contribution in [3.05, 3.63) is 11.9 Å². The molecule has 1 aromatic heterocycles. The van der Waals surface area contributed by atoms with Crippen molar-refractivity contribution in [1.29, 1.82) is 0 Å². The first-order valence-corrected chi connectivity index (χ1v) is 8.09. The van der Waals surface area contributed by atoms with Crippen LogP contribution in [0.25, 0.3) is 0 Å². The zero-order valence-electron chi connectivity index (χ0n) is 13.8. The first kappa shape index (κ1) is 17.7. The Bertz CT molecular complexity index is 409. The molecule has 120 valence electrons. The van der Waals surface area contributed by atoms with Crippen molar-refractivity contribution in [2.75, 3.05) is 23.8 Å². The molecule has 0 aliphatic rings. The normalized spacial score (nSPS) is 12.5. The average Bonchev–Trinajstić information content (AvgIpc) is 2.45. The Morgan fingerprint density at radius 3 is 2.43 bits per heavy atom. The molecule has 0 saturated heterocycles. The lowest BCUT2D eigenvalue weighted by atomic mass is 10.0. The number of anilines is 2. The zero-order chi connectivity index (χ0) is 15.7. The summed E-state index contributed by atoms with van der Waals surface area (Å²) < 4.78 is 0. The minimum Gasteiger partial charge on any atom is -0.396 e. The highest BCUT2D eigenvalue weighted by Crippen LogP contribution is 2.17. The lowest BCUT2D eigenvalue weighted by Gasteiger charge is -2.22. The summed E-state index contributed by atoms with van der Waals surface area (Å²) in [7, 11) is 0. The van der Waals surface area contributed by atoms with Gasteiger partial charge in [0, 0.05) is 31.7 Å². The average molecular weight is 294 g/mol. The maximum Gasteiger partial charge on any atom is 0.133 e. The summed E-state index contributed by atoms with van der Waals surface area (Å²) in [5, 5.41) is 16.0. The highest BCUT2D eigenvalue weighted by Gasteiger charge is 2.14. The molecule has 5 nitrogen and oxygen atoms in total. The fourth-order valence-corrected chi connectivity index (χ4v) is 2.15. The minimum atomic E-state index is 0.184. The van der Waals surface area contributed by atoms with Crippen molar-refractivity contribution in [1.82, 2.24) is 9.97 Å². The van der Waals surface area contributed by atoms with E-state index in [9.17, 15) is 5.11 Å². The Morgan fingerprint density at radius 2 is 1.86 bits per heavy atom. The van der Waals surface area contributed by atoms with E-state index in [0.29, 0.717) is 5.92 Å². The van der Waals surface area contributed by atoms with Crippen molar-refractivity contribution < 1.29 is 5.11 Å². The molecule has 0 aromatic carbocycles. The van der Waals surface area contributed by atoms with Crippen molar-refractivity contribution in [3.8, 4) is 0 Å². The van der Waals surface area contributed by atoms with Gasteiger partial charge in [0.1, 0.15) is 17.5 Å². The van der Waals surface area contributed by atoms with Gasteiger partial charge in [0.2, 0.25) is 0 Å². The quantitative estimate of drug-likeness (QED) is 0.618. The van der Waals surface area contributed by atoms with E-state index in [4.69, 9.17) is 0 Å². The Morgan fingerprint density at radius 1 is 1.14 bits per heavy atom. The summed E-state index contributed by atoms with van der Waals surface area (Å²) in [6.07, 6.45) is 3.70. The van der Waals surface area contributed by atoms with Crippen LogP contribution in [0.15, 0.2) is 6.07 Å². The lowest BCUT2D eigenvalue weighted by Crippen LogP contribution is -2.27. The smallest absolute Gasteiger partial charge is 0.133 e. The van der Waals surface area contributed by atoms with Gasteiger partial charge in [0.15, 0.2) is 0 Å². The fraction of sp³-hybridized carbons (Fsp3) is 0.750. The van der Waals surface area contributed by atoms with E-state index in [1.165, 1.54) is 0 Å². The van der Waals surface area contributed by atoms with Crippen LogP contribution in [0.4, 0.5) is 11.6 Å². The van der Waals surface area contributed by atoms with Gasteiger partial charge in [-0.3, -0.25) is 0 Å². The number of aromatic nitrogens is 2. The Balaban J connectivity index is 2.89. The third-order valence-corrected chi connectivity index (χ3v) is 3.38. The van der Waals surface area contributed by atoms with Crippen LogP contribution in [-0.4, -0.2) is 34.3 Å². The van der Waals surface area contributed by atoms with E-state index in [-0.39, 0.29) is 12.6 Å². The van der Waals surface area contributed by atoms with Gasteiger partial charge in [-0.1, -0.05) is 27.7 Å². The van der Waals surface area contributed by atoms with Gasteiger partial charge in [0.25, 0.3) is 0 Å². The van der Waals surface area contributed by atoms with E-state index in [1.54, 1.807) is 0 Å². The van der Waals surface area contributed by atoms with E-state index in [2.05, 4.69) is 48.3 Å². The first-order chi connectivity index (χ1) is 10.1. The predicted molar refractivity (Wildman–Crippen MR) is 88.8 cm³/mol. The zero-order valence-corrected chi connectivity index (χ0v) is 13.8. The molecule has 0 spiro atoms. The van der Waals surface area contributed by atoms with Crippen LogP contribution in [0, 0.1) is 5.92 Å². The first-order valence-electron chi connectivity index (χ1n) is 8.09. The molecule has 1 atom stereocenters. The van der Waals surface area contributed by atoms with Gasteiger partial charge in [-0.05, 0) is 25.2 Å². The molecule has 1 heterocycles. The molecule has 0 amide bonds. The number of hydrogen-bond donors (Lipinski definition) is 3. The maximum atomic E-state index is 9.19. The van der Waals surface area contributed by atoms with E-state index >= 15 is 0 Å². The SMILES string of the molecule is CCCNc1cc(NC(CCO)C(C)C)nc(CCC)n1. The highest BCUT2D eigenvalue weighted by atomic mass is 16.3. The molecule has 0 saturated carbocycles. The summed E-state index contributed by atoms with van der Waals surface area (Å²) in [6, 6.07) is 2.18. The third-order valence-electron chi connectivity index (χ3n) is 3.38. The number of aryl methyl sites for hydroxylation is 1. The topological polar surface area (TPSA) is 70.1 Å². The van der Waals surface area contributed by atoms with Gasteiger partial charge < -0.3 is 15.7 Å². The largest absolute Gasteiger partial charge is 0.396 e. The Labute approximate surface area is 128 Å². The molecule has 1 rings (SSSR count). The van der Waals surface area contributed by atoms with Crippen molar-refractivity contribution in [3.63, 3.8) is 0 Å². The van der Waals surface area contributed by atoms with E-state index < -0.39 is 0 Å². The van der Waals surface area contributed by atoms with Gasteiger partial charge >= 0.3 is 0 Å². The Hall–Kier alpha value is -1.36. The van der Waals surface area contributed by atoms with E-state index in [1.807, 2.05) is 6.07 Å². The van der Waals surface area contributed by atoms with E-state index in [0.717, 1.165) is 49.7 Å². The van der Waals surface area contributed by atoms with Crippen LogP contribution in [0.2, 0.25) is 0 Å². The molecule has 21 heavy (non-hydrogen) atoms. The fourth-order valence-electron chi connectivity index (χ4n) is 2.15. The third kappa shape index (κ3) is 6.29. The molecule has 0 aliphatic heterocycles. The number of aliphatic hydroxyl groups excluding tert-OH is 1. The highest BCUT2D eigenvalue weighted by molar-refractivity contribution is 5.48. The second-order valence-electron chi connectivity index (χ2n) is 5.74. The lowest BCUT2D eigenvalue weighted by molar-refractivity contribution is 0.267. The Kier molecular flexibility index (Phi) is 8.05. The molecule has 3 N–H and O–H groups in total. The van der Waals surface area contributed by atoms with Crippen LogP contribution in [0.5, 0.6) is 0 Å². The number of hydrogen-bond acceptors (Lipinski definition) is 5. The van der Waals surface area contributed by atoms with Gasteiger partial charge in [-0.15, -0.1) is 0 Å². The van der Waals surface area contributed by atoms with Crippen molar-refractivity contribution in [2.45, 2.75) is 59.4 Å². The second-order valence-corrected chi connectivity index (χ2v) is 5.74. The van der Waals surface area contributed by atoms with Crippen LogP contribution in [-0.2, 0) is 6.42 Å². The van der Waals surface area contributed by atoms with Gasteiger partial charge in [0.05, 0.1) is 0 Å². The minimum absolute atomic E-state index is 0.184. The van der Waals surface area contributed by atoms with Gasteiger partial charge in [-0.2, -0.15) is 0 Å². The maximum absolute atomic E-state index is 9.19. The summed E-state index contributed by atoms with van der Waals surface area (Å²) in [6.45, 7) is 9.66. The molecule has 0 aliphatic carbocycles.